The number of hydrogen-bond acceptors (Lipinski definition) is 4. The molecule has 19 heavy (non-hydrogen) atoms. The van der Waals surface area contributed by atoms with Gasteiger partial charge in [-0.05, 0) is 38.2 Å². The summed E-state index contributed by atoms with van der Waals surface area (Å²) in [6, 6.07) is 4.74. The summed E-state index contributed by atoms with van der Waals surface area (Å²) >= 11 is 0. The topological polar surface area (TPSA) is 82.0 Å². The first-order valence-corrected chi connectivity index (χ1v) is 6.83. The molecular formula is C11H15ClFN3O2S. The molecule has 0 heterocycles. The van der Waals surface area contributed by atoms with Crippen molar-refractivity contribution in [3.05, 3.63) is 29.6 Å². The summed E-state index contributed by atoms with van der Waals surface area (Å²) < 4.78 is 39.1. The third-order valence-electron chi connectivity index (χ3n) is 2.26. The van der Waals surface area contributed by atoms with Crippen LogP contribution in [-0.4, -0.2) is 28.6 Å². The van der Waals surface area contributed by atoms with E-state index in [0.29, 0.717) is 13.0 Å². The second-order valence-electron chi connectivity index (χ2n) is 3.61. The van der Waals surface area contributed by atoms with Gasteiger partial charge in [-0.15, -0.1) is 12.4 Å². The van der Waals surface area contributed by atoms with Crippen molar-refractivity contribution in [3.63, 3.8) is 0 Å². The van der Waals surface area contributed by atoms with Crippen LogP contribution in [0.5, 0.6) is 0 Å². The fourth-order valence-electron chi connectivity index (χ4n) is 1.31. The normalized spacial score (nSPS) is 10.6. The summed E-state index contributed by atoms with van der Waals surface area (Å²) in [5.74, 6) is -0.730. The number of sulfonamides is 1. The predicted molar refractivity (Wildman–Crippen MR) is 72.1 cm³/mol. The van der Waals surface area contributed by atoms with E-state index in [2.05, 4.69) is 10.0 Å². The molecule has 1 rings (SSSR count). The maximum atomic E-state index is 13.1. The lowest BCUT2D eigenvalue weighted by atomic mass is 10.2. The van der Waals surface area contributed by atoms with Gasteiger partial charge in [0.2, 0.25) is 10.0 Å². The summed E-state index contributed by atoms with van der Waals surface area (Å²) in [6.07, 6.45) is 0.641. The first kappa shape index (κ1) is 17.8. The van der Waals surface area contributed by atoms with Crippen LogP contribution in [0.3, 0.4) is 0 Å². The summed E-state index contributed by atoms with van der Waals surface area (Å²) in [5, 5.41) is 11.5. The standard InChI is InChI=1S/C11H14FN3O2S.ClH/c1-14-5-2-6-15-18(16,17)10-3-4-11(12)9(7-10)8-13;/h3-4,7,14-15H,2,5-6H2,1H3;1H. The quantitative estimate of drug-likeness (QED) is 0.768. The molecule has 0 amide bonds. The van der Waals surface area contributed by atoms with E-state index in [-0.39, 0.29) is 29.4 Å². The Bertz CT molecular complexity index is 558. The van der Waals surface area contributed by atoms with Gasteiger partial charge >= 0.3 is 0 Å². The minimum absolute atomic E-state index is 0. The monoisotopic (exact) mass is 307 g/mol. The zero-order valence-electron chi connectivity index (χ0n) is 10.3. The number of rotatable bonds is 6. The molecule has 0 saturated carbocycles. The van der Waals surface area contributed by atoms with Crippen molar-refractivity contribution in [3.8, 4) is 6.07 Å². The van der Waals surface area contributed by atoms with Gasteiger partial charge in [0.15, 0.2) is 0 Å². The van der Waals surface area contributed by atoms with Gasteiger partial charge in [0.1, 0.15) is 11.9 Å². The second kappa shape index (κ2) is 8.07. The number of benzene rings is 1. The molecule has 0 fully saturated rings. The molecule has 0 aliphatic rings. The van der Waals surface area contributed by atoms with Gasteiger partial charge < -0.3 is 5.32 Å². The Labute approximate surface area is 118 Å². The van der Waals surface area contributed by atoms with Crippen LogP contribution < -0.4 is 10.0 Å². The number of halogens is 2. The third-order valence-corrected chi connectivity index (χ3v) is 3.72. The highest BCUT2D eigenvalue weighted by atomic mass is 35.5. The number of nitrogens with zero attached hydrogens (tertiary/aromatic N) is 1. The van der Waals surface area contributed by atoms with Crippen LogP contribution in [-0.2, 0) is 10.0 Å². The molecule has 0 bridgehead atoms. The molecule has 0 radical (unpaired) electrons. The average molecular weight is 308 g/mol. The Morgan fingerprint density at radius 3 is 2.63 bits per heavy atom. The van der Waals surface area contributed by atoms with E-state index in [0.717, 1.165) is 18.2 Å². The average Bonchev–Trinajstić information content (AvgIpc) is 2.35. The Morgan fingerprint density at radius 2 is 2.05 bits per heavy atom. The first-order valence-electron chi connectivity index (χ1n) is 5.35. The fraction of sp³-hybridized carbons (Fsp3) is 0.364. The van der Waals surface area contributed by atoms with Crippen LogP contribution in [0.4, 0.5) is 4.39 Å². The summed E-state index contributed by atoms with van der Waals surface area (Å²) in [4.78, 5) is -0.107. The molecule has 0 aliphatic carbocycles. The van der Waals surface area contributed by atoms with Gasteiger partial charge in [-0.3, -0.25) is 0 Å². The molecule has 1 aromatic carbocycles. The zero-order valence-corrected chi connectivity index (χ0v) is 11.9. The molecule has 2 N–H and O–H groups in total. The fourth-order valence-corrected chi connectivity index (χ4v) is 2.41. The van der Waals surface area contributed by atoms with E-state index < -0.39 is 15.8 Å². The maximum absolute atomic E-state index is 13.1. The van der Waals surface area contributed by atoms with Crippen molar-refractivity contribution in [2.75, 3.05) is 20.1 Å². The Balaban J connectivity index is 0.00000324. The molecule has 0 aliphatic heterocycles. The van der Waals surface area contributed by atoms with Crippen molar-refractivity contribution >= 4 is 22.4 Å². The zero-order chi connectivity index (χ0) is 13.6. The van der Waals surface area contributed by atoms with Crippen LogP contribution in [0.15, 0.2) is 23.1 Å². The number of hydrogen-bond donors (Lipinski definition) is 2. The van der Waals surface area contributed by atoms with Gasteiger partial charge in [0, 0.05) is 6.54 Å². The van der Waals surface area contributed by atoms with Crippen molar-refractivity contribution in [1.29, 1.82) is 5.26 Å². The number of nitriles is 1. The molecule has 0 unspecified atom stereocenters. The van der Waals surface area contributed by atoms with E-state index >= 15 is 0 Å². The summed E-state index contributed by atoms with van der Waals surface area (Å²) in [5.41, 5.74) is -0.284. The van der Waals surface area contributed by atoms with Crippen LogP contribution in [0, 0.1) is 17.1 Å². The van der Waals surface area contributed by atoms with E-state index in [1.54, 1.807) is 13.1 Å². The van der Waals surface area contributed by atoms with Gasteiger partial charge in [-0.1, -0.05) is 0 Å². The molecule has 0 atom stereocenters. The van der Waals surface area contributed by atoms with Gasteiger partial charge in [-0.2, -0.15) is 5.26 Å². The highest BCUT2D eigenvalue weighted by Gasteiger charge is 2.15. The van der Waals surface area contributed by atoms with Crippen LogP contribution >= 0.6 is 12.4 Å². The molecule has 0 spiro atoms. The predicted octanol–water partition coefficient (Wildman–Crippen LogP) is 1.01. The number of nitrogens with one attached hydrogen (secondary N) is 2. The van der Waals surface area contributed by atoms with Crippen molar-refractivity contribution in [1.82, 2.24) is 10.0 Å². The first-order chi connectivity index (χ1) is 8.51. The minimum Gasteiger partial charge on any atom is -0.320 e. The SMILES string of the molecule is CNCCCNS(=O)(=O)c1ccc(F)c(C#N)c1.Cl. The van der Waals surface area contributed by atoms with Gasteiger partial charge in [0.05, 0.1) is 10.5 Å². The van der Waals surface area contributed by atoms with E-state index in [1.165, 1.54) is 0 Å². The van der Waals surface area contributed by atoms with Crippen LogP contribution in [0.2, 0.25) is 0 Å². The molecule has 1 aromatic rings. The molecule has 8 heteroatoms. The van der Waals surface area contributed by atoms with Crippen LogP contribution in [0.25, 0.3) is 0 Å². The Hall–Kier alpha value is -1.20. The van der Waals surface area contributed by atoms with E-state index in [1.807, 2.05) is 0 Å². The molecular weight excluding hydrogens is 293 g/mol. The third kappa shape index (κ3) is 5.12. The van der Waals surface area contributed by atoms with E-state index in [4.69, 9.17) is 5.26 Å². The van der Waals surface area contributed by atoms with Crippen molar-refractivity contribution < 1.29 is 12.8 Å². The van der Waals surface area contributed by atoms with Gasteiger partial charge in [0.25, 0.3) is 0 Å². The highest BCUT2D eigenvalue weighted by Crippen LogP contribution is 2.14. The smallest absolute Gasteiger partial charge is 0.240 e. The summed E-state index contributed by atoms with van der Waals surface area (Å²) in [6.45, 7) is 0.970. The van der Waals surface area contributed by atoms with Crippen LogP contribution in [0.1, 0.15) is 12.0 Å². The Kier molecular flexibility index (Phi) is 7.56. The Morgan fingerprint density at radius 1 is 1.37 bits per heavy atom. The second-order valence-corrected chi connectivity index (χ2v) is 5.38. The maximum Gasteiger partial charge on any atom is 0.240 e. The molecule has 106 valence electrons. The lowest BCUT2D eigenvalue weighted by Gasteiger charge is -2.07. The highest BCUT2D eigenvalue weighted by molar-refractivity contribution is 7.89. The molecule has 0 aromatic heterocycles. The van der Waals surface area contributed by atoms with Crippen molar-refractivity contribution in [2.45, 2.75) is 11.3 Å². The van der Waals surface area contributed by atoms with E-state index in [9.17, 15) is 12.8 Å². The lowest BCUT2D eigenvalue weighted by Crippen LogP contribution is -2.26. The summed E-state index contributed by atoms with van der Waals surface area (Å²) in [7, 11) is -1.91. The van der Waals surface area contributed by atoms with Crippen molar-refractivity contribution in [2.24, 2.45) is 0 Å². The largest absolute Gasteiger partial charge is 0.320 e. The lowest BCUT2D eigenvalue weighted by molar-refractivity contribution is 0.576. The molecule has 0 saturated heterocycles. The van der Waals surface area contributed by atoms with Gasteiger partial charge in [-0.25, -0.2) is 17.5 Å². The minimum atomic E-state index is -3.69. The molecule has 5 nitrogen and oxygen atoms in total.